The Morgan fingerprint density at radius 3 is 3.00 bits per heavy atom. The first-order valence-electron chi connectivity index (χ1n) is 8.75. The molecule has 1 aromatic heterocycles. The van der Waals surface area contributed by atoms with E-state index >= 15 is 0 Å². The Balaban J connectivity index is 1.50. The highest BCUT2D eigenvalue weighted by Crippen LogP contribution is 2.32. The smallest absolute Gasteiger partial charge is 0.262 e. The molecule has 4 rings (SSSR count). The molecule has 1 amide bonds. The average molecular weight is 354 g/mol. The van der Waals surface area contributed by atoms with Crippen molar-refractivity contribution in [3.8, 4) is 5.75 Å². The number of morpholine rings is 1. The van der Waals surface area contributed by atoms with Gasteiger partial charge in [0.1, 0.15) is 11.6 Å². The zero-order chi connectivity index (χ0) is 18.1. The number of hydrogen-bond acceptors (Lipinski definition) is 6. The maximum Gasteiger partial charge on any atom is 0.262 e. The Bertz CT molecular complexity index is 840. The average Bonchev–Trinajstić information content (AvgIpc) is 2.62. The van der Waals surface area contributed by atoms with Crippen molar-refractivity contribution in [3.63, 3.8) is 0 Å². The maximum absolute atomic E-state index is 11.4. The molecule has 1 atom stereocenters. The van der Waals surface area contributed by atoms with Crippen molar-refractivity contribution in [1.29, 1.82) is 0 Å². The number of nitrogens with one attached hydrogen (secondary N) is 2. The molecule has 1 fully saturated rings. The predicted octanol–water partition coefficient (Wildman–Crippen LogP) is 2.69. The van der Waals surface area contributed by atoms with Crippen molar-refractivity contribution in [2.75, 3.05) is 41.8 Å². The molecule has 7 heteroatoms. The van der Waals surface area contributed by atoms with Crippen molar-refractivity contribution in [3.05, 3.63) is 36.0 Å². The minimum Gasteiger partial charge on any atom is -0.482 e. The van der Waals surface area contributed by atoms with Crippen molar-refractivity contribution < 1.29 is 14.3 Å². The second-order valence-electron chi connectivity index (χ2n) is 6.66. The first-order valence-corrected chi connectivity index (χ1v) is 8.75. The van der Waals surface area contributed by atoms with E-state index in [0.717, 1.165) is 42.5 Å². The lowest BCUT2D eigenvalue weighted by Gasteiger charge is -2.33. The molecular weight excluding hydrogens is 332 g/mol. The molecule has 1 saturated heterocycles. The Labute approximate surface area is 152 Å². The first kappa shape index (κ1) is 16.7. The van der Waals surface area contributed by atoms with E-state index in [1.807, 2.05) is 24.4 Å². The zero-order valence-corrected chi connectivity index (χ0v) is 14.9. The molecule has 1 unspecified atom stereocenters. The number of nitrogens with zero attached hydrogens (tertiary/aromatic N) is 2. The molecule has 2 N–H and O–H groups in total. The predicted molar refractivity (Wildman–Crippen MR) is 100 cm³/mol. The number of rotatable bonds is 3. The molecule has 0 saturated carbocycles. The van der Waals surface area contributed by atoms with E-state index in [4.69, 9.17) is 9.47 Å². The number of anilines is 4. The highest BCUT2D eigenvalue weighted by Gasteiger charge is 2.20. The number of carbonyl (C=O) groups excluding carboxylic acids is 1. The van der Waals surface area contributed by atoms with E-state index < -0.39 is 0 Å². The summed E-state index contributed by atoms with van der Waals surface area (Å²) in [7, 11) is 0. The summed E-state index contributed by atoms with van der Waals surface area (Å²) in [5.41, 5.74) is 3.60. The number of hydrogen-bond donors (Lipinski definition) is 2. The summed E-state index contributed by atoms with van der Waals surface area (Å²) in [6.07, 6.45) is 2.06. The van der Waals surface area contributed by atoms with Crippen LogP contribution >= 0.6 is 0 Å². The van der Waals surface area contributed by atoms with Crippen LogP contribution in [0.15, 0.2) is 30.5 Å². The molecule has 0 bridgehead atoms. The number of pyridine rings is 1. The number of amides is 1. The summed E-state index contributed by atoms with van der Waals surface area (Å²) >= 11 is 0. The molecule has 2 aliphatic heterocycles. The van der Waals surface area contributed by atoms with E-state index in [-0.39, 0.29) is 18.6 Å². The molecule has 7 nitrogen and oxygen atoms in total. The third-order valence-electron chi connectivity index (χ3n) is 4.49. The Hall–Kier alpha value is -2.80. The van der Waals surface area contributed by atoms with Crippen LogP contribution in [0.2, 0.25) is 0 Å². The van der Waals surface area contributed by atoms with E-state index in [0.29, 0.717) is 11.4 Å². The number of aryl methyl sites for hydroxylation is 1. The van der Waals surface area contributed by atoms with Crippen LogP contribution in [0.5, 0.6) is 5.75 Å². The first-order chi connectivity index (χ1) is 12.6. The van der Waals surface area contributed by atoms with Gasteiger partial charge < -0.3 is 25.0 Å². The molecule has 3 heterocycles. The van der Waals surface area contributed by atoms with Crippen LogP contribution in [0.4, 0.5) is 22.9 Å². The molecule has 26 heavy (non-hydrogen) atoms. The summed E-state index contributed by atoms with van der Waals surface area (Å²) < 4.78 is 11.1. The number of fused-ring (bicyclic) bond motifs is 1. The number of aromatic nitrogens is 1. The fourth-order valence-corrected chi connectivity index (χ4v) is 3.30. The third-order valence-corrected chi connectivity index (χ3v) is 4.49. The highest BCUT2D eigenvalue weighted by molar-refractivity contribution is 5.95. The van der Waals surface area contributed by atoms with E-state index in [1.54, 1.807) is 0 Å². The van der Waals surface area contributed by atoms with Gasteiger partial charge in [-0.1, -0.05) is 0 Å². The maximum atomic E-state index is 11.4. The zero-order valence-electron chi connectivity index (χ0n) is 14.9. The number of ether oxygens (including phenoxy) is 2. The molecule has 2 aliphatic rings. The van der Waals surface area contributed by atoms with E-state index in [2.05, 4.69) is 40.4 Å². The molecule has 1 aromatic carbocycles. The van der Waals surface area contributed by atoms with Gasteiger partial charge in [-0.2, -0.15) is 0 Å². The molecule has 2 aromatic rings. The van der Waals surface area contributed by atoms with Crippen molar-refractivity contribution in [2.24, 2.45) is 0 Å². The van der Waals surface area contributed by atoms with Gasteiger partial charge in [-0.25, -0.2) is 4.98 Å². The fraction of sp³-hybridized carbons (Fsp3) is 0.368. The van der Waals surface area contributed by atoms with Crippen LogP contribution in [0.1, 0.15) is 12.5 Å². The molecule has 0 aliphatic carbocycles. The van der Waals surface area contributed by atoms with Crippen molar-refractivity contribution >= 4 is 28.8 Å². The van der Waals surface area contributed by atoms with Gasteiger partial charge in [0.25, 0.3) is 5.91 Å². The quantitative estimate of drug-likeness (QED) is 0.883. The van der Waals surface area contributed by atoms with Crippen LogP contribution < -0.4 is 20.3 Å². The van der Waals surface area contributed by atoms with Gasteiger partial charge >= 0.3 is 0 Å². The summed E-state index contributed by atoms with van der Waals surface area (Å²) in [5, 5.41) is 6.13. The summed E-state index contributed by atoms with van der Waals surface area (Å²) in [5.74, 6) is 1.53. The van der Waals surface area contributed by atoms with Gasteiger partial charge in [0.15, 0.2) is 6.61 Å². The lowest BCUT2D eigenvalue weighted by atomic mass is 10.2. The fourth-order valence-electron chi connectivity index (χ4n) is 3.30. The number of carbonyl (C=O) groups is 1. The number of benzene rings is 1. The van der Waals surface area contributed by atoms with Gasteiger partial charge in [-0.05, 0) is 37.6 Å². The monoisotopic (exact) mass is 354 g/mol. The lowest BCUT2D eigenvalue weighted by Crippen LogP contribution is -2.41. The SMILES string of the molecule is Cc1cc(Nc2ccc3c(c2)OCC(=O)N3)cnc1N1CCOC(C)C1. The van der Waals surface area contributed by atoms with Gasteiger partial charge in [-0.3, -0.25) is 4.79 Å². The normalized spacial score (nSPS) is 19.4. The van der Waals surface area contributed by atoms with Crippen molar-refractivity contribution in [2.45, 2.75) is 20.0 Å². The van der Waals surface area contributed by atoms with Crippen LogP contribution in [0, 0.1) is 6.92 Å². The minimum absolute atomic E-state index is 0.0454. The topological polar surface area (TPSA) is 75.7 Å². The molecule has 0 spiro atoms. The van der Waals surface area contributed by atoms with Crippen LogP contribution in [0.25, 0.3) is 0 Å². The highest BCUT2D eigenvalue weighted by atomic mass is 16.5. The summed E-state index contributed by atoms with van der Waals surface area (Å²) in [4.78, 5) is 18.3. The van der Waals surface area contributed by atoms with Crippen molar-refractivity contribution in [1.82, 2.24) is 4.98 Å². The Kier molecular flexibility index (Phi) is 4.38. The van der Waals surface area contributed by atoms with E-state index in [1.165, 1.54) is 0 Å². The Morgan fingerprint density at radius 1 is 1.31 bits per heavy atom. The van der Waals surface area contributed by atoms with Crippen LogP contribution in [0.3, 0.4) is 0 Å². The lowest BCUT2D eigenvalue weighted by molar-refractivity contribution is -0.118. The largest absolute Gasteiger partial charge is 0.482 e. The minimum atomic E-state index is -0.133. The van der Waals surface area contributed by atoms with Gasteiger partial charge in [0.2, 0.25) is 0 Å². The molecular formula is C19H22N4O3. The van der Waals surface area contributed by atoms with E-state index in [9.17, 15) is 4.79 Å². The van der Waals surface area contributed by atoms with Gasteiger partial charge in [0.05, 0.1) is 30.3 Å². The second-order valence-corrected chi connectivity index (χ2v) is 6.66. The standard InChI is InChI=1S/C19H22N4O3/c1-12-7-15(9-20-19(12)23-5-6-25-13(2)10-23)21-14-3-4-16-17(8-14)26-11-18(24)22-16/h3-4,7-9,13,21H,5-6,10-11H2,1-2H3,(H,22,24). The van der Waals surface area contributed by atoms with Crippen LogP contribution in [-0.4, -0.2) is 43.3 Å². The summed E-state index contributed by atoms with van der Waals surface area (Å²) in [6, 6.07) is 7.70. The summed E-state index contributed by atoms with van der Waals surface area (Å²) in [6.45, 7) is 6.64. The van der Waals surface area contributed by atoms with Gasteiger partial charge in [-0.15, -0.1) is 0 Å². The second kappa shape index (κ2) is 6.84. The van der Waals surface area contributed by atoms with Gasteiger partial charge in [0, 0.05) is 24.8 Å². The molecule has 0 radical (unpaired) electrons. The Morgan fingerprint density at radius 2 is 2.19 bits per heavy atom. The van der Waals surface area contributed by atoms with Crippen LogP contribution in [-0.2, 0) is 9.53 Å². The molecule has 136 valence electrons. The third kappa shape index (κ3) is 3.43.